The summed E-state index contributed by atoms with van der Waals surface area (Å²) >= 11 is 0. The van der Waals surface area contributed by atoms with Crippen LogP contribution in [0.25, 0.3) is 0 Å². The van der Waals surface area contributed by atoms with Gasteiger partial charge in [-0.1, -0.05) is 0 Å². The first-order valence-electron chi connectivity index (χ1n) is 9.38. The zero-order chi connectivity index (χ0) is 17.6. The molecule has 0 aromatic rings. The summed E-state index contributed by atoms with van der Waals surface area (Å²) in [6.45, 7) is 10.1. The fourth-order valence-electron chi connectivity index (χ4n) is 3.38. The molecule has 146 valence electrons. The Morgan fingerprint density at radius 3 is 2.40 bits per heavy atom. The van der Waals surface area contributed by atoms with Crippen LogP contribution in [0.1, 0.15) is 59.3 Å². The first-order chi connectivity index (χ1) is 11.3. The van der Waals surface area contributed by atoms with Crippen LogP contribution in [0.3, 0.4) is 0 Å². The Bertz CT molecular complexity index is 445. The molecule has 25 heavy (non-hydrogen) atoms. The molecule has 2 fully saturated rings. The van der Waals surface area contributed by atoms with E-state index in [-0.39, 0.29) is 30.1 Å². The minimum Gasteiger partial charge on any atom is -0.444 e. The molecule has 0 aliphatic carbocycles. The van der Waals surface area contributed by atoms with Gasteiger partial charge in [0, 0.05) is 32.7 Å². The summed E-state index contributed by atoms with van der Waals surface area (Å²) in [7, 11) is 0. The third-order valence-corrected chi connectivity index (χ3v) is 4.66. The molecule has 7 heteroatoms. The molecule has 1 unspecified atom stereocenters. The molecule has 1 atom stereocenters. The smallest absolute Gasteiger partial charge is 0.410 e. The van der Waals surface area contributed by atoms with Gasteiger partial charge in [0.15, 0.2) is 5.96 Å². The van der Waals surface area contributed by atoms with Crippen molar-refractivity contribution in [3.8, 4) is 0 Å². The van der Waals surface area contributed by atoms with E-state index in [1.54, 1.807) is 0 Å². The number of nitrogens with two attached hydrogens (primary N) is 1. The number of halogens is 1. The van der Waals surface area contributed by atoms with Crippen molar-refractivity contribution in [3.63, 3.8) is 0 Å². The molecule has 0 spiro atoms. The van der Waals surface area contributed by atoms with Crippen molar-refractivity contribution in [1.82, 2.24) is 9.80 Å². The van der Waals surface area contributed by atoms with Crippen LogP contribution in [0.5, 0.6) is 0 Å². The van der Waals surface area contributed by atoms with E-state index in [1.807, 2.05) is 25.7 Å². The van der Waals surface area contributed by atoms with Gasteiger partial charge in [0.1, 0.15) is 5.60 Å². The number of carbonyl (C=O) groups excluding carboxylic acids is 1. The number of aliphatic imine (C=N–C) groups is 1. The first-order valence-corrected chi connectivity index (χ1v) is 9.38. The third-order valence-electron chi connectivity index (χ3n) is 4.66. The molecule has 0 radical (unpaired) electrons. The van der Waals surface area contributed by atoms with Crippen molar-refractivity contribution in [2.45, 2.75) is 64.9 Å². The molecular weight excluding hydrogens is 431 g/mol. The van der Waals surface area contributed by atoms with E-state index in [4.69, 9.17) is 10.5 Å². The predicted molar refractivity (Wildman–Crippen MR) is 112 cm³/mol. The summed E-state index contributed by atoms with van der Waals surface area (Å²) in [4.78, 5) is 20.8. The molecule has 2 N–H and O–H groups in total. The lowest BCUT2D eigenvalue weighted by Crippen LogP contribution is -2.43. The van der Waals surface area contributed by atoms with Crippen LogP contribution in [-0.2, 0) is 4.74 Å². The quantitative estimate of drug-likeness (QED) is 0.393. The van der Waals surface area contributed by atoms with E-state index in [1.165, 1.54) is 19.3 Å². The maximum absolute atomic E-state index is 12.2. The Morgan fingerprint density at radius 2 is 1.76 bits per heavy atom. The van der Waals surface area contributed by atoms with Gasteiger partial charge in [0.05, 0.1) is 0 Å². The Balaban J connectivity index is 0.00000312. The highest BCUT2D eigenvalue weighted by atomic mass is 127. The van der Waals surface area contributed by atoms with Crippen molar-refractivity contribution in [2.24, 2.45) is 16.6 Å². The average Bonchev–Trinajstić information content (AvgIpc) is 2.54. The normalized spacial score (nSPS) is 22.4. The lowest BCUT2D eigenvalue weighted by molar-refractivity contribution is 0.0163. The molecule has 2 heterocycles. The number of carbonyl (C=O) groups is 1. The molecule has 6 nitrogen and oxygen atoms in total. The molecule has 0 aromatic heterocycles. The van der Waals surface area contributed by atoms with Crippen LogP contribution in [0.2, 0.25) is 0 Å². The van der Waals surface area contributed by atoms with Crippen molar-refractivity contribution < 1.29 is 9.53 Å². The van der Waals surface area contributed by atoms with E-state index in [2.05, 4.69) is 9.89 Å². The van der Waals surface area contributed by atoms with Crippen LogP contribution < -0.4 is 5.73 Å². The van der Waals surface area contributed by atoms with Gasteiger partial charge in [-0.15, -0.1) is 24.0 Å². The van der Waals surface area contributed by atoms with Crippen LogP contribution in [0.4, 0.5) is 4.79 Å². The zero-order valence-electron chi connectivity index (χ0n) is 16.0. The summed E-state index contributed by atoms with van der Waals surface area (Å²) in [5.41, 5.74) is 5.67. The highest BCUT2D eigenvalue weighted by Gasteiger charge is 2.27. The summed E-state index contributed by atoms with van der Waals surface area (Å²) in [5.74, 6) is 1.18. The lowest BCUT2D eigenvalue weighted by Gasteiger charge is -2.34. The van der Waals surface area contributed by atoms with Gasteiger partial charge in [-0.2, -0.15) is 0 Å². The van der Waals surface area contributed by atoms with Gasteiger partial charge >= 0.3 is 6.09 Å². The van der Waals surface area contributed by atoms with Gasteiger partial charge in [-0.3, -0.25) is 4.99 Å². The Hall–Kier alpha value is -0.730. The van der Waals surface area contributed by atoms with Crippen LogP contribution in [0, 0.1) is 5.92 Å². The number of piperidine rings is 2. The van der Waals surface area contributed by atoms with Crippen molar-refractivity contribution in [2.75, 3.05) is 32.7 Å². The minimum absolute atomic E-state index is 0. The lowest BCUT2D eigenvalue weighted by atomic mass is 9.95. The molecule has 2 aliphatic rings. The summed E-state index contributed by atoms with van der Waals surface area (Å²) in [5, 5.41) is 0. The summed E-state index contributed by atoms with van der Waals surface area (Å²) in [6, 6.07) is 0. The molecule has 2 rings (SSSR count). The molecule has 2 saturated heterocycles. The molecule has 2 aliphatic heterocycles. The second-order valence-corrected chi connectivity index (χ2v) is 8.01. The second kappa shape index (κ2) is 10.4. The molecular formula is C18H35IN4O2. The fourth-order valence-corrected chi connectivity index (χ4v) is 3.38. The monoisotopic (exact) mass is 466 g/mol. The van der Waals surface area contributed by atoms with Crippen molar-refractivity contribution in [3.05, 3.63) is 0 Å². The maximum Gasteiger partial charge on any atom is 0.410 e. The summed E-state index contributed by atoms with van der Waals surface area (Å²) < 4.78 is 5.48. The standard InChI is InChI=1S/C18H34N4O2.HI/c1-18(2,3)24-17(23)22-13-7-8-15(14-22)9-10-20-16(19)21-11-5-4-6-12-21;/h15H,4-14H2,1-3H3,(H2,19,20);1H. The minimum atomic E-state index is -0.433. The van der Waals surface area contributed by atoms with E-state index < -0.39 is 5.60 Å². The first kappa shape index (κ1) is 22.3. The number of rotatable bonds is 3. The van der Waals surface area contributed by atoms with E-state index in [0.29, 0.717) is 11.9 Å². The van der Waals surface area contributed by atoms with Gasteiger partial charge in [-0.25, -0.2) is 4.79 Å². The molecule has 0 aromatic carbocycles. The van der Waals surface area contributed by atoms with E-state index >= 15 is 0 Å². The van der Waals surface area contributed by atoms with Crippen LogP contribution in [-0.4, -0.2) is 60.2 Å². The number of likely N-dealkylation sites (tertiary alicyclic amines) is 2. The maximum atomic E-state index is 12.2. The van der Waals surface area contributed by atoms with Gasteiger partial charge in [0.25, 0.3) is 0 Å². The van der Waals surface area contributed by atoms with Gasteiger partial charge < -0.3 is 20.3 Å². The molecule has 0 bridgehead atoms. The number of hydrogen-bond donors (Lipinski definition) is 1. The Kier molecular flexibility index (Phi) is 9.30. The highest BCUT2D eigenvalue weighted by molar-refractivity contribution is 14.0. The predicted octanol–water partition coefficient (Wildman–Crippen LogP) is 3.44. The number of hydrogen-bond acceptors (Lipinski definition) is 3. The van der Waals surface area contributed by atoms with Crippen LogP contribution >= 0.6 is 24.0 Å². The number of nitrogens with zero attached hydrogens (tertiary/aromatic N) is 3. The Morgan fingerprint density at radius 1 is 1.12 bits per heavy atom. The number of ether oxygens (including phenoxy) is 1. The van der Waals surface area contributed by atoms with Gasteiger partial charge in [0.2, 0.25) is 0 Å². The molecule has 0 saturated carbocycles. The zero-order valence-corrected chi connectivity index (χ0v) is 18.3. The topological polar surface area (TPSA) is 71.2 Å². The Labute approximate surface area is 169 Å². The summed E-state index contributed by atoms with van der Waals surface area (Å²) in [6.07, 6.45) is 6.70. The van der Waals surface area contributed by atoms with Crippen molar-refractivity contribution >= 4 is 36.0 Å². The number of amides is 1. The van der Waals surface area contributed by atoms with Crippen LogP contribution in [0.15, 0.2) is 4.99 Å². The van der Waals surface area contributed by atoms with E-state index in [9.17, 15) is 4.79 Å². The largest absolute Gasteiger partial charge is 0.444 e. The fraction of sp³-hybridized carbons (Fsp3) is 0.889. The SMILES string of the molecule is CC(C)(C)OC(=O)N1CCCC(CCN=C(N)N2CCCCC2)C1.I. The van der Waals surface area contributed by atoms with Crippen molar-refractivity contribution in [1.29, 1.82) is 0 Å². The average molecular weight is 466 g/mol. The van der Waals surface area contributed by atoms with E-state index in [0.717, 1.165) is 52.0 Å². The second-order valence-electron chi connectivity index (χ2n) is 8.01. The third kappa shape index (κ3) is 8.00. The highest BCUT2D eigenvalue weighted by Crippen LogP contribution is 2.21. The van der Waals surface area contributed by atoms with Gasteiger partial charge in [-0.05, 0) is 65.2 Å². The molecule has 1 amide bonds. The number of guanidine groups is 1.